The van der Waals surface area contributed by atoms with Crippen molar-refractivity contribution in [1.82, 2.24) is 25.5 Å². The standard InChI is InChI=1S/C19H19N5O3S/c1-12-4-7-15(10-13(12)2)24-19(21-22-23-24)28-11-17(25)20-18(26)14-5-8-16(27-3)9-6-14/h4-10H,11H2,1-3H3,(H,20,25,26). The molecule has 144 valence electrons. The van der Waals surface area contributed by atoms with Crippen LogP contribution in [0.5, 0.6) is 5.75 Å². The second-order valence-electron chi connectivity index (χ2n) is 6.04. The molecule has 0 aliphatic carbocycles. The van der Waals surface area contributed by atoms with Crippen molar-refractivity contribution < 1.29 is 14.3 Å². The minimum Gasteiger partial charge on any atom is -0.497 e. The monoisotopic (exact) mass is 397 g/mol. The first-order valence-electron chi connectivity index (χ1n) is 8.45. The smallest absolute Gasteiger partial charge is 0.257 e. The van der Waals surface area contributed by atoms with E-state index in [1.165, 1.54) is 5.56 Å². The third kappa shape index (κ3) is 4.55. The first-order valence-corrected chi connectivity index (χ1v) is 9.43. The van der Waals surface area contributed by atoms with Crippen LogP contribution in [0.3, 0.4) is 0 Å². The predicted octanol–water partition coefficient (Wildman–Crippen LogP) is 2.34. The van der Waals surface area contributed by atoms with Gasteiger partial charge in [-0.2, -0.15) is 4.68 Å². The number of carbonyl (C=O) groups is 2. The van der Waals surface area contributed by atoms with E-state index in [4.69, 9.17) is 4.74 Å². The van der Waals surface area contributed by atoms with Crippen LogP contribution in [-0.4, -0.2) is 44.9 Å². The highest BCUT2D eigenvalue weighted by atomic mass is 32.2. The number of hydrogen-bond acceptors (Lipinski definition) is 7. The van der Waals surface area contributed by atoms with Gasteiger partial charge in [-0.25, -0.2) is 0 Å². The predicted molar refractivity (Wildman–Crippen MR) is 105 cm³/mol. The molecule has 9 heteroatoms. The summed E-state index contributed by atoms with van der Waals surface area (Å²) in [7, 11) is 1.54. The highest BCUT2D eigenvalue weighted by Crippen LogP contribution is 2.20. The van der Waals surface area contributed by atoms with E-state index in [0.717, 1.165) is 23.0 Å². The van der Waals surface area contributed by atoms with E-state index in [-0.39, 0.29) is 5.75 Å². The molecule has 2 aromatic carbocycles. The number of carbonyl (C=O) groups excluding carboxylic acids is 2. The van der Waals surface area contributed by atoms with Gasteiger partial charge in [0.1, 0.15) is 5.75 Å². The molecule has 8 nitrogen and oxygen atoms in total. The quantitative estimate of drug-likeness (QED) is 0.637. The second kappa shape index (κ2) is 8.66. The summed E-state index contributed by atoms with van der Waals surface area (Å²) in [6.45, 7) is 4.03. The number of ether oxygens (including phenoxy) is 1. The van der Waals surface area contributed by atoms with Crippen LogP contribution in [0.25, 0.3) is 5.69 Å². The Bertz CT molecular complexity index is 1000. The van der Waals surface area contributed by atoms with E-state index in [1.54, 1.807) is 36.1 Å². The van der Waals surface area contributed by atoms with Gasteiger partial charge in [-0.3, -0.25) is 14.9 Å². The molecule has 0 atom stereocenters. The summed E-state index contributed by atoms with van der Waals surface area (Å²) < 4.78 is 6.61. The van der Waals surface area contributed by atoms with Crippen molar-refractivity contribution in [3.8, 4) is 11.4 Å². The summed E-state index contributed by atoms with van der Waals surface area (Å²) in [5.74, 6) is -0.258. The number of amides is 2. The van der Waals surface area contributed by atoms with Crippen molar-refractivity contribution in [3.05, 3.63) is 59.2 Å². The summed E-state index contributed by atoms with van der Waals surface area (Å²) in [6.07, 6.45) is 0. The number of thioether (sulfide) groups is 1. The fourth-order valence-corrected chi connectivity index (χ4v) is 3.09. The lowest BCUT2D eigenvalue weighted by Crippen LogP contribution is -2.31. The Labute approximate surface area is 166 Å². The Morgan fingerprint density at radius 3 is 2.54 bits per heavy atom. The van der Waals surface area contributed by atoms with Gasteiger partial charge in [0.2, 0.25) is 11.1 Å². The van der Waals surface area contributed by atoms with Crippen LogP contribution >= 0.6 is 11.8 Å². The third-order valence-corrected chi connectivity index (χ3v) is 5.03. The van der Waals surface area contributed by atoms with Crippen LogP contribution in [0.4, 0.5) is 0 Å². The molecular weight excluding hydrogens is 378 g/mol. The van der Waals surface area contributed by atoms with Crippen LogP contribution < -0.4 is 10.1 Å². The number of nitrogens with one attached hydrogen (secondary N) is 1. The number of aromatic nitrogens is 4. The van der Waals surface area contributed by atoms with E-state index >= 15 is 0 Å². The van der Waals surface area contributed by atoms with Crippen LogP contribution in [0.15, 0.2) is 47.6 Å². The fraction of sp³-hybridized carbons (Fsp3) is 0.211. The minimum atomic E-state index is -0.470. The zero-order valence-corrected chi connectivity index (χ0v) is 16.5. The largest absolute Gasteiger partial charge is 0.497 e. The molecule has 2 amide bonds. The van der Waals surface area contributed by atoms with E-state index in [2.05, 4.69) is 20.8 Å². The third-order valence-electron chi connectivity index (χ3n) is 4.11. The Kier molecular flexibility index (Phi) is 6.05. The number of imide groups is 1. The molecule has 1 aromatic heterocycles. The number of aryl methyl sites for hydroxylation is 2. The molecular formula is C19H19N5O3S. The van der Waals surface area contributed by atoms with Gasteiger partial charge in [0.15, 0.2) is 0 Å². The maximum absolute atomic E-state index is 12.1. The second-order valence-corrected chi connectivity index (χ2v) is 6.98. The number of rotatable bonds is 6. The highest BCUT2D eigenvalue weighted by Gasteiger charge is 2.15. The van der Waals surface area contributed by atoms with Crippen molar-refractivity contribution >= 4 is 23.6 Å². The van der Waals surface area contributed by atoms with E-state index in [0.29, 0.717) is 16.5 Å². The van der Waals surface area contributed by atoms with Crippen molar-refractivity contribution in [3.63, 3.8) is 0 Å². The van der Waals surface area contributed by atoms with Crippen molar-refractivity contribution in [2.75, 3.05) is 12.9 Å². The first-order chi connectivity index (χ1) is 13.5. The molecule has 28 heavy (non-hydrogen) atoms. The van der Waals surface area contributed by atoms with Crippen LogP contribution in [-0.2, 0) is 4.79 Å². The Morgan fingerprint density at radius 2 is 1.86 bits per heavy atom. The van der Waals surface area contributed by atoms with Crippen LogP contribution in [0.2, 0.25) is 0 Å². The lowest BCUT2D eigenvalue weighted by Gasteiger charge is -2.07. The molecule has 0 fully saturated rings. The number of benzene rings is 2. The average molecular weight is 397 g/mol. The molecule has 0 aliphatic heterocycles. The summed E-state index contributed by atoms with van der Waals surface area (Å²) in [5, 5.41) is 14.5. The molecule has 1 N–H and O–H groups in total. The number of tetrazole rings is 1. The van der Waals surface area contributed by atoms with Gasteiger partial charge < -0.3 is 4.74 Å². The Balaban J connectivity index is 1.61. The molecule has 0 unspecified atom stereocenters. The molecule has 0 radical (unpaired) electrons. The molecule has 0 spiro atoms. The average Bonchev–Trinajstić information content (AvgIpc) is 3.17. The molecule has 1 heterocycles. The lowest BCUT2D eigenvalue weighted by molar-refractivity contribution is -0.117. The molecule has 0 saturated heterocycles. The SMILES string of the molecule is COc1ccc(C(=O)NC(=O)CSc2nnnn2-c2ccc(C)c(C)c2)cc1. The van der Waals surface area contributed by atoms with Crippen LogP contribution in [0, 0.1) is 13.8 Å². The van der Waals surface area contributed by atoms with Gasteiger partial charge in [0.25, 0.3) is 5.91 Å². The summed E-state index contributed by atoms with van der Waals surface area (Å²) in [6, 6.07) is 12.4. The van der Waals surface area contributed by atoms with Crippen molar-refractivity contribution in [1.29, 1.82) is 0 Å². The zero-order chi connectivity index (χ0) is 20.1. The topological polar surface area (TPSA) is 99.0 Å². The Morgan fingerprint density at radius 1 is 1.11 bits per heavy atom. The van der Waals surface area contributed by atoms with E-state index in [9.17, 15) is 9.59 Å². The molecule has 0 bridgehead atoms. The number of methoxy groups -OCH3 is 1. The van der Waals surface area contributed by atoms with Gasteiger partial charge in [0.05, 0.1) is 18.6 Å². The minimum absolute atomic E-state index is 0.00706. The van der Waals surface area contributed by atoms with Gasteiger partial charge in [-0.15, -0.1) is 5.10 Å². The molecule has 3 rings (SSSR count). The maximum Gasteiger partial charge on any atom is 0.257 e. The lowest BCUT2D eigenvalue weighted by atomic mass is 10.1. The maximum atomic E-state index is 12.1. The summed E-state index contributed by atoms with van der Waals surface area (Å²) >= 11 is 1.15. The van der Waals surface area contributed by atoms with Crippen molar-refractivity contribution in [2.45, 2.75) is 19.0 Å². The first kappa shape index (κ1) is 19.6. The summed E-state index contributed by atoms with van der Waals surface area (Å²) in [5.41, 5.74) is 3.47. The molecule has 3 aromatic rings. The highest BCUT2D eigenvalue weighted by molar-refractivity contribution is 7.99. The molecule has 0 saturated carbocycles. The van der Waals surface area contributed by atoms with Crippen molar-refractivity contribution in [2.24, 2.45) is 0 Å². The normalized spacial score (nSPS) is 10.5. The van der Waals surface area contributed by atoms with E-state index < -0.39 is 11.8 Å². The fourth-order valence-electron chi connectivity index (χ4n) is 2.40. The van der Waals surface area contributed by atoms with E-state index in [1.807, 2.05) is 32.0 Å². The summed E-state index contributed by atoms with van der Waals surface area (Å²) in [4.78, 5) is 24.3. The molecule has 0 aliphatic rings. The zero-order valence-electron chi connectivity index (χ0n) is 15.7. The van der Waals surface area contributed by atoms with Crippen LogP contribution in [0.1, 0.15) is 21.5 Å². The van der Waals surface area contributed by atoms with Gasteiger partial charge in [-0.05, 0) is 71.8 Å². The number of nitrogens with zero attached hydrogens (tertiary/aromatic N) is 4. The number of hydrogen-bond donors (Lipinski definition) is 1. The van der Waals surface area contributed by atoms with Gasteiger partial charge in [-0.1, -0.05) is 17.8 Å². The Hall–Kier alpha value is -3.20. The van der Waals surface area contributed by atoms with Gasteiger partial charge in [0, 0.05) is 5.56 Å². The van der Waals surface area contributed by atoms with Gasteiger partial charge >= 0.3 is 0 Å².